The smallest absolute Gasteiger partial charge is 0.0988 e. The topological polar surface area (TPSA) is 12.5 Å². The first-order valence-electron chi connectivity index (χ1n) is 6.62. The molecule has 2 nitrogen and oxygen atoms in total. The maximum absolute atomic E-state index is 6.36. The molecule has 0 spiro atoms. The molecule has 2 saturated heterocycles. The number of fused-ring (bicyclic) bond motifs is 1. The molecule has 1 aromatic rings. The predicted octanol–water partition coefficient (Wildman–Crippen LogP) is 2.64. The van der Waals surface area contributed by atoms with Gasteiger partial charge < -0.3 is 9.64 Å². The minimum Gasteiger partial charge on any atom is -0.367 e. The molecule has 0 aliphatic carbocycles. The first-order valence-corrected chi connectivity index (χ1v) is 6.62. The molecule has 2 fully saturated rings. The Balaban J connectivity index is 1.98. The predicted molar refractivity (Wildman–Crippen MR) is 68.9 cm³/mol. The molecule has 1 aromatic carbocycles. The molecule has 17 heavy (non-hydrogen) atoms. The highest BCUT2D eigenvalue weighted by Gasteiger charge is 2.50. The molecular weight excluding hydrogens is 210 g/mol. The van der Waals surface area contributed by atoms with E-state index in [1.807, 2.05) is 0 Å². The average molecular weight is 231 g/mol. The number of hydrogen-bond acceptors (Lipinski definition) is 2. The second-order valence-corrected chi connectivity index (χ2v) is 5.63. The Kier molecular flexibility index (Phi) is 2.72. The molecule has 3 atom stereocenters. The lowest BCUT2D eigenvalue weighted by Crippen LogP contribution is -2.46. The van der Waals surface area contributed by atoms with Crippen LogP contribution in [0.3, 0.4) is 0 Å². The van der Waals surface area contributed by atoms with Crippen LogP contribution in [-0.2, 0) is 10.3 Å². The Morgan fingerprint density at radius 2 is 2.06 bits per heavy atom. The van der Waals surface area contributed by atoms with Crippen LogP contribution in [0.15, 0.2) is 30.3 Å². The number of piperidine rings is 1. The van der Waals surface area contributed by atoms with Crippen LogP contribution in [0.2, 0.25) is 0 Å². The molecule has 0 amide bonds. The molecule has 0 saturated carbocycles. The Labute approximate surface area is 104 Å². The summed E-state index contributed by atoms with van der Waals surface area (Å²) in [6.07, 6.45) is 2.72. The van der Waals surface area contributed by atoms with Crippen molar-refractivity contribution in [3.05, 3.63) is 35.9 Å². The molecule has 0 aromatic heterocycles. The molecule has 92 valence electrons. The quantitative estimate of drug-likeness (QED) is 0.736. The molecule has 2 aliphatic heterocycles. The van der Waals surface area contributed by atoms with Gasteiger partial charge in [0.1, 0.15) is 0 Å². The van der Waals surface area contributed by atoms with Crippen LogP contribution in [0.25, 0.3) is 0 Å². The van der Waals surface area contributed by atoms with Gasteiger partial charge in [0.2, 0.25) is 0 Å². The average Bonchev–Trinajstić information content (AvgIpc) is 2.67. The van der Waals surface area contributed by atoms with E-state index in [0.717, 1.165) is 13.0 Å². The van der Waals surface area contributed by atoms with Crippen LogP contribution in [-0.4, -0.2) is 31.1 Å². The number of rotatable bonds is 1. The van der Waals surface area contributed by atoms with Crippen molar-refractivity contribution in [3.8, 4) is 0 Å². The number of ether oxygens (including phenoxy) is 1. The van der Waals surface area contributed by atoms with E-state index in [4.69, 9.17) is 4.74 Å². The highest BCUT2D eigenvalue weighted by molar-refractivity contribution is 5.26. The summed E-state index contributed by atoms with van der Waals surface area (Å²) >= 11 is 0. The molecule has 2 heteroatoms. The van der Waals surface area contributed by atoms with Crippen molar-refractivity contribution >= 4 is 0 Å². The van der Waals surface area contributed by atoms with Gasteiger partial charge in [-0.2, -0.15) is 0 Å². The minimum atomic E-state index is -0.00676. The zero-order valence-electron chi connectivity index (χ0n) is 10.7. The fraction of sp³-hybridized carbons (Fsp3) is 0.600. The Morgan fingerprint density at radius 1 is 1.29 bits per heavy atom. The minimum absolute atomic E-state index is 0.00676. The molecule has 2 heterocycles. The first-order chi connectivity index (χ1) is 8.21. The van der Waals surface area contributed by atoms with Crippen molar-refractivity contribution in [1.82, 2.24) is 4.90 Å². The van der Waals surface area contributed by atoms with Crippen molar-refractivity contribution in [2.24, 2.45) is 5.92 Å². The molecule has 3 rings (SSSR count). The highest BCUT2D eigenvalue weighted by atomic mass is 16.5. The lowest BCUT2D eigenvalue weighted by Gasteiger charge is -2.42. The fourth-order valence-corrected chi connectivity index (χ4v) is 3.57. The Bertz CT molecular complexity index is 391. The molecule has 0 radical (unpaired) electrons. The normalized spacial score (nSPS) is 38.0. The van der Waals surface area contributed by atoms with Crippen LogP contribution in [0.1, 0.15) is 25.3 Å². The Morgan fingerprint density at radius 3 is 2.82 bits per heavy atom. The lowest BCUT2D eigenvalue weighted by molar-refractivity contribution is -0.0880. The summed E-state index contributed by atoms with van der Waals surface area (Å²) in [5.74, 6) is 0.652. The summed E-state index contributed by atoms with van der Waals surface area (Å²) in [7, 11) is 2.22. The van der Waals surface area contributed by atoms with Crippen LogP contribution in [0, 0.1) is 5.92 Å². The number of nitrogens with zero attached hydrogens (tertiary/aromatic N) is 1. The molecule has 0 bridgehead atoms. The van der Waals surface area contributed by atoms with E-state index in [-0.39, 0.29) is 5.60 Å². The van der Waals surface area contributed by atoms with Gasteiger partial charge in [-0.05, 0) is 32.4 Å². The summed E-state index contributed by atoms with van der Waals surface area (Å²) in [5.41, 5.74) is 1.37. The monoisotopic (exact) mass is 231 g/mol. The third kappa shape index (κ3) is 1.80. The van der Waals surface area contributed by atoms with Gasteiger partial charge in [-0.25, -0.2) is 0 Å². The van der Waals surface area contributed by atoms with E-state index in [1.54, 1.807) is 0 Å². The number of hydrogen-bond donors (Lipinski definition) is 0. The third-order valence-corrected chi connectivity index (χ3v) is 4.35. The van der Waals surface area contributed by atoms with Gasteiger partial charge in [0.05, 0.1) is 11.7 Å². The summed E-state index contributed by atoms with van der Waals surface area (Å²) in [6.45, 7) is 4.51. The number of likely N-dealkylation sites (tertiary alicyclic amines) is 1. The van der Waals surface area contributed by atoms with Crippen molar-refractivity contribution in [2.45, 2.75) is 31.5 Å². The SMILES string of the molecule is C[C@@H]1C[C@@H]2CN(C)CC[C@]2(c2ccccc2)O1. The summed E-state index contributed by atoms with van der Waals surface area (Å²) < 4.78 is 6.36. The van der Waals surface area contributed by atoms with Gasteiger partial charge in [0, 0.05) is 19.0 Å². The molecule has 2 aliphatic rings. The van der Waals surface area contributed by atoms with E-state index in [1.165, 1.54) is 18.5 Å². The van der Waals surface area contributed by atoms with Crippen LogP contribution < -0.4 is 0 Å². The van der Waals surface area contributed by atoms with Gasteiger partial charge in [-0.15, -0.1) is 0 Å². The summed E-state index contributed by atoms with van der Waals surface area (Å²) in [4.78, 5) is 2.44. The maximum atomic E-state index is 6.36. The fourth-order valence-electron chi connectivity index (χ4n) is 3.57. The Hall–Kier alpha value is -0.860. The number of benzene rings is 1. The second kappa shape index (κ2) is 4.11. The van der Waals surface area contributed by atoms with Crippen molar-refractivity contribution in [1.29, 1.82) is 0 Å². The van der Waals surface area contributed by atoms with E-state index in [0.29, 0.717) is 12.0 Å². The maximum Gasteiger partial charge on any atom is 0.0988 e. The van der Waals surface area contributed by atoms with Gasteiger partial charge in [0.15, 0.2) is 0 Å². The zero-order valence-corrected chi connectivity index (χ0v) is 10.7. The molecular formula is C15H21NO. The third-order valence-electron chi connectivity index (χ3n) is 4.35. The van der Waals surface area contributed by atoms with Gasteiger partial charge in [-0.1, -0.05) is 30.3 Å². The van der Waals surface area contributed by atoms with E-state index in [9.17, 15) is 0 Å². The highest BCUT2D eigenvalue weighted by Crippen LogP contribution is 2.48. The summed E-state index contributed by atoms with van der Waals surface area (Å²) in [5, 5.41) is 0. The van der Waals surface area contributed by atoms with E-state index in [2.05, 4.69) is 49.2 Å². The van der Waals surface area contributed by atoms with Gasteiger partial charge in [-0.3, -0.25) is 0 Å². The van der Waals surface area contributed by atoms with Crippen molar-refractivity contribution in [3.63, 3.8) is 0 Å². The van der Waals surface area contributed by atoms with Crippen molar-refractivity contribution < 1.29 is 4.74 Å². The molecule has 0 unspecified atom stereocenters. The first kappa shape index (κ1) is 11.2. The van der Waals surface area contributed by atoms with Gasteiger partial charge >= 0.3 is 0 Å². The van der Waals surface area contributed by atoms with Crippen LogP contribution in [0.5, 0.6) is 0 Å². The lowest BCUT2D eigenvalue weighted by atomic mass is 9.76. The van der Waals surface area contributed by atoms with E-state index < -0.39 is 0 Å². The molecule has 0 N–H and O–H groups in total. The second-order valence-electron chi connectivity index (χ2n) is 5.63. The summed E-state index contributed by atoms with van der Waals surface area (Å²) in [6, 6.07) is 10.8. The van der Waals surface area contributed by atoms with E-state index >= 15 is 0 Å². The largest absolute Gasteiger partial charge is 0.367 e. The van der Waals surface area contributed by atoms with Crippen LogP contribution in [0.4, 0.5) is 0 Å². The van der Waals surface area contributed by atoms with Crippen molar-refractivity contribution in [2.75, 3.05) is 20.1 Å². The zero-order chi connectivity index (χ0) is 11.9. The standard InChI is InChI=1S/C15H21NO/c1-12-10-14-11-16(2)9-8-15(14,17-12)13-6-4-3-5-7-13/h3-7,12,14H,8-11H2,1-2H3/t12-,14-,15-/m1/s1. The van der Waals surface area contributed by atoms with Crippen LogP contribution >= 0.6 is 0 Å². The van der Waals surface area contributed by atoms with Gasteiger partial charge in [0.25, 0.3) is 0 Å².